The summed E-state index contributed by atoms with van der Waals surface area (Å²) < 4.78 is 27.3. The first kappa shape index (κ1) is 15.3. The molecule has 3 nitrogen and oxygen atoms in total. The fourth-order valence-corrected chi connectivity index (χ4v) is 6.46. The number of halogens is 1. The molecule has 0 aromatic carbocycles. The highest BCUT2D eigenvalue weighted by molar-refractivity contribution is 7.89. The normalized spacial score (nSPS) is 25.7. The van der Waals surface area contributed by atoms with Crippen molar-refractivity contribution in [1.82, 2.24) is 4.31 Å². The Hall–Kier alpha value is -0.100. The monoisotopic (exact) mass is 321 g/mol. The summed E-state index contributed by atoms with van der Waals surface area (Å²) in [5.74, 6) is 0.851. The molecule has 0 spiro atoms. The maximum atomic E-state index is 12.8. The van der Waals surface area contributed by atoms with E-state index in [0.717, 1.165) is 23.3 Å². The van der Waals surface area contributed by atoms with Gasteiger partial charge in [-0.15, -0.1) is 22.9 Å². The molecule has 108 valence electrons. The van der Waals surface area contributed by atoms with Crippen LogP contribution in [0.4, 0.5) is 0 Å². The summed E-state index contributed by atoms with van der Waals surface area (Å²) in [4.78, 5) is 1.19. The van der Waals surface area contributed by atoms with Crippen LogP contribution in [0.5, 0.6) is 0 Å². The van der Waals surface area contributed by atoms with Gasteiger partial charge in [-0.3, -0.25) is 0 Å². The Balaban J connectivity index is 2.39. The Kier molecular flexibility index (Phi) is 4.60. The molecular weight excluding hydrogens is 302 g/mol. The summed E-state index contributed by atoms with van der Waals surface area (Å²) in [5, 5.41) is 1.88. The Labute approximate surface area is 124 Å². The predicted octanol–water partition coefficient (Wildman–Crippen LogP) is 3.60. The van der Waals surface area contributed by atoms with Crippen LogP contribution in [0.15, 0.2) is 10.3 Å². The molecule has 1 saturated heterocycles. The maximum absolute atomic E-state index is 12.8. The minimum atomic E-state index is -3.41. The molecule has 6 heteroatoms. The van der Waals surface area contributed by atoms with Gasteiger partial charge in [-0.05, 0) is 43.6 Å². The van der Waals surface area contributed by atoms with Crippen molar-refractivity contribution in [2.24, 2.45) is 5.92 Å². The van der Waals surface area contributed by atoms with Crippen LogP contribution in [-0.4, -0.2) is 25.3 Å². The first-order valence-corrected chi connectivity index (χ1v) is 9.38. The van der Waals surface area contributed by atoms with Crippen molar-refractivity contribution in [3.05, 3.63) is 15.8 Å². The zero-order chi connectivity index (χ0) is 14.2. The second-order valence-corrected chi connectivity index (χ2v) is 8.46. The van der Waals surface area contributed by atoms with E-state index in [4.69, 9.17) is 11.6 Å². The molecule has 0 amide bonds. The van der Waals surface area contributed by atoms with Gasteiger partial charge in [0.05, 0.1) is 5.88 Å². The molecule has 1 fully saturated rings. The molecule has 1 aromatic rings. The lowest BCUT2D eigenvalue weighted by Gasteiger charge is -2.35. The third-order valence-corrected chi connectivity index (χ3v) is 7.66. The average molecular weight is 322 g/mol. The van der Waals surface area contributed by atoms with Crippen LogP contribution in [0.3, 0.4) is 0 Å². The number of hydrogen-bond donors (Lipinski definition) is 0. The van der Waals surface area contributed by atoms with Gasteiger partial charge in [-0.25, -0.2) is 8.42 Å². The van der Waals surface area contributed by atoms with Gasteiger partial charge in [0, 0.05) is 17.5 Å². The van der Waals surface area contributed by atoms with Crippen molar-refractivity contribution in [2.75, 3.05) is 6.54 Å². The lowest BCUT2D eigenvalue weighted by Crippen LogP contribution is -2.44. The van der Waals surface area contributed by atoms with Crippen molar-refractivity contribution in [3.8, 4) is 0 Å². The molecule has 2 heterocycles. The number of alkyl halides is 1. The van der Waals surface area contributed by atoms with E-state index < -0.39 is 10.0 Å². The molecule has 0 bridgehead atoms. The van der Waals surface area contributed by atoms with Crippen LogP contribution in [0.2, 0.25) is 0 Å². The van der Waals surface area contributed by atoms with Gasteiger partial charge >= 0.3 is 0 Å². The largest absolute Gasteiger partial charge is 0.244 e. The Morgan fingerprint density at radius 2 is 2.16 bits per heavy atom. The molecule has 1 aliphatic rings. The van der Waals surface area contributed by atoms with Crippen molar-refractivity contribution >= 4 is 33.0 Å². The Morgan fingerprint density at radius 3 is 2.74 bits per heavy atom. The highest BCUT2D eigenvalue weighted by Crippen LogP contribution is 2.34. The minimum absolute atomic E-state index is 0.0659. The summed E-state index contributed by atoms with van der Waals surface area (Å²) >= 11 is 7.31. The number of aryl methyl sites for hydroxylation is 1. The lowest BCUT2D eigenvalue weighted by molar-refractivity contribution is 0.220. The molecule has 2 unspecified atom stereocenters. The highest BCUT2D eigenvalue weighted by atomic mass is 35.5. The first-order chi connectivity index (χ1) is 8.87. The predicted molar refractivity (Wildman–Crippen MR) is 80.4 cm³/mol. The molecule has 19 heavy (non-hydrogen) atoms. The molecule has 1 aliphatic heterocycles. The van der Waals surface area contributed by atoms with E-state index in [1.165, 1.54) is 11.3 Å². The van der Waals surface area contributed by atoms with Crippen LogP contribution in [0.1, 0.15) is 37.1 Å². The minimum Gasteiger partial charge on any atom is -0.207 e. The van der Waals surface area contributed by atoms with Gasteiger partial charge in [0.2, 0.25) is 10.0 Å². The van der Waals surface area contributed by atoms with Gasteiger partial charge in [0.25, 0.3) is 0 Å². The third kappa shape index (κ3) is 2.84. The maximum Gasteiger partial charge on any atom is 0.244 e. The second kappa shape index (κ2) is 5.72. The van der Waals surface area contributed by atoms with Crippen LogP contribution in [0, 0.1) is 12.8 Å². The zero-order valence-corrected chi connectivity index (χ0v) is 13.9. The van der Waals surface area contributed by atoms with Crippen LogP contribution < -0.4 is 0 Å². The number of thiophene rings is 1. The fourth-order valence-electron chi connectivity index (χ4n) is 2.79. The van der Waals surface area contributed by atoms with Gasteiger partial charge in [0.15, 0.2) is 0 Å². The van der Waals surface area contributed by atoms with E-state index >= 15 is 0 Å². The Morgan fingerprint density at radius 1 is 1.47 bits per heavy atom. The summed E-state index contributed by atoms with van der Waals surface area (Å²) in [5.41, 5.74) is 0.812. The van der Waals surface area contributed by atoms with E-state index in [2.05, 4.69) is 6.92 Å². The van der Waals surface area contributed by atoms with Crippen LogP contribution in [0.25, 0.3) is 0 Å². The van der Waals surface area contributed by atoms with Gasteiger partial charge in [-0.1, -0.05) is 6.92 Å². The molecule has 1 aromatic heterocycles. The first-order valence-electron chi connectivity index (χ1n) is 6.52. The average Bonchev–Trinajstić information content (AvgIpc) is 2.70. The number of rotatable bonds is 3. The molecular formula is C13H20ClNO2S2. The molecule has 0 aliphatic carbocycles. The fraction of sp³-hybridized carbons (Fsp3) is 0.692. The number of sulfonamides is 1. The molecule has 0 saturated carbocycles. The zero-order valence-electron chi connectivity index (χ0n) is 11.5. The number of piperidine rings is 1. The van der Waals surface area contributed by atoms with Crippen LogP contribution in [-0.2, 0) is 15.9 Å². The van der Waals surface area contributed by atoms with Gasteiger partial charge < -0.3 is 0 Å². The SMILES string of the molecule is Cc1csc(CCl)c1S(=O)(=O)N1CCC(C)CC1C. The standard InChI is InChI=1S/C13H20ClNO2S2/c1-9-4-5-15(11(3)6-9)19(16,17)13-10(2)8-18-12(13)7-14/h8-9,11H,4-7H2,1-3H3. The molecule has 2 atom stereocenters. The molecule has 2 rings (SSSR count). The van der Waals surface area contributed by atoms with E-state index in [1.54, 1.807) is 4.31 Å². The molecule has 0 radical (unpaired) electrons. The van der Waals surface area contributed by atoms with Crippen molar-refractivity contribution in [1.29, 1.82) is 0 Å². The van der Waals surface area contributed by atoms with Crippen molar-refractivity contribution < 1.29 is 8.42 Å². The smallest absolute Gasteiger partial charge is 0.207 e. The molecule has 0 N–H and O–H groups in total. The van der Waals surface area contributed by atoms with Gasteiger partial charge in [-0.2, -0.15) is 4.31 Å². The van der Waals surface area contributed by atoms with E-state index in [-0.39, 0.29) is 11.9 Å². The van der Waals surface area contributed by atoms with E-state index in [9.17, 15) is 8.42 Å². The van der Waals surface area contributed by atoms with E-state index in [1.807, 2.05) is 19.2 Å². The van der Waals surface area contributed by atoms with Gasteiger partial charge in [0.1, 0.15) is 4.90 Å². The van der Waals surface area contributed by atoms with Crippen molar-refractivity contribution in [2.45, 2.75) is 50.4 Å². The summed E-state index contributed by atoms with van der Waals surface area (Å²) in [7, 11) is -3.41. The Bertz CT molecular complexity index is 553. The number of hydrogen-bond acceptors (Lipinski definition) is 3. The second-order valence-electron chi connectivity index (χ2n) is 5.40. The third-order valence-electron chi connectivity index (χ3n) is 3.75. The highest BCUT2D eigenvalue weighted by Gasteiger charge is 2.35. The summed E-state index contributed by atoms with van der Waals surface area (Å²) in [6.07, 6.45) is 1.86. The van der Waals surface area contributed by atoms with Crippen molar-refractivity contribution in [3.63, 3.8) is 0 Å². The quantitative estimate of drug-likeness (QED) is 0.798. The van der Waals surface area contributed by atoms with E-state index in [0.29, 0.717) is 17.4 Å². The summed E-state index contributed by atoms with van der Waals surface area (Å²) in [6.45, 7) is 6.63. The summed E-state index contributed by atoms with van der Waals surface area (Å²) in [6, 6.07) is 0.0659. The number of nitrogens with zero attached hydrogens (tertiary/aromatic N) is 1. The lowest BCUT2D eigenvalue weighted by atomic mass is 9.95. The van der Waals surface area contributed by atoms with Crippen LogP contribution >= 0.6 is 22.9 Å². The topological polar surface area (TPSA) is 37.4 Å².